The summed E-state index contributed by atoms with van der Waals surface area (Å²) in [7, 11) is 0. The number of piperazine rings is 1. The Hall–Kier alpha value is -3.78. The van der Waals surface area contributed by atoms with Crippen molar-refractivity contribution < 1.29 is 9.32 Å². The fourth-order valence-electron chi connectivity index (χ4n) is 4.43. The number of aryl methyl sites for hydroxylation is 2. The van der Waals surface area contributed by atoms with Crippen LogP contribution >= 0.6 is 0 Å². The van der Waals surface area contributed by atoms with Crippen LogP contribution in [0.1, 0.15) is 33.2 Å². The van der Waals surface area contributed by atoms with Gasteiger partial charge in [-0.1, -0.05) is 41.1 Å². The summed E-state index contributed by atoms with van der Waals surface area (Å²) in [5, 5.41) is 4.12. The lowest BCUT2D eigenvalue weighted by Gasteiger charge is -2.34. The molecule has 1 fully saturated rings. The Labute approximate surface area is 198 Å². The molecule has 1 saturated heterocycles. The summed E-state index contributed by atoms with van der Waals surface area (Å²) in [6.45, 7) is 9.44. The smallest absolute Gasteiger partial charge is 0.255 e. The molecule has 1 aliphatic heterocycles. The van der Waals surface area contributed by atoms with Gasteiger partial charge >= 0.3 is 0 Å². The summed E-state index contributed by atoms with van der Waals surface area (Å²) in [4.78, 5) is 26.5. The minimum absolute atomic E-state index is 0.0642. The fourth-order valence-corrected chi connectivity index (χ4v) is 4.43. The quantitative estimate of drug-likeness (QED) is 0.454. The molecular formula is C26H28N6O2. The maximum Gasteiger partial charge on any atom is 0.255 e. The third-order valence-electron chi connectivity index (χ3n) is 6.34. The molecule has 4 aromatic rings. The van der Waals surface area contributed by atoms with Crippen molar-refractivity contribution in [3.63, 3.8) is 0 Å². The van der Waals surface area contributed by atoms with Crippen LogP contribution in [0.5, 0.6) is 0 Å². The van der Waals surface area contributed by atoms with Crippen LogP contribution in [0.2, 0.25) is 0 Å². The summed E-state index contributed by atoms with van der Waals surface area (Å²) in [6, 6.07) is 15.8. The van der Waals surface area contributed by atoms with Gasteiger partial charge < -0.3 is 14.0 Å². The lowest BCUT2D eigenvalue weighted by molar-refractivity contribution is 0.0614. The van der Waals surface area contributed by atoms with E-state index in [2.05, 4.69) is 20.0 Å². The minimum atomic E-state index is 0.0642. The summed E-state index contributed by atoms with van der Waals surface area (Å²) in [5.74, 6) is 2.08. The first-order chi connectivity index (χ1) is 16.5. The van der Waals surface area contributed by atoms with Crippen molar-refractivity contribution in [3.8, 4) is 17.2 Å². The van der Waals surface area contributed by atoms with E-state index in [1.807, 2.05) is 78.8 Å². The minimum Gasteiger partial charge on any atom is -0.338 e. The largest absolute Gasteiger partial charge is 0.338 e. The third kappa shape index (κ3) is 4.36. The van der Waals surface area contributed by atoms with Gasteiger partial charge in [0.25, 0.3) is 5.91 Å². The van der Waals surface area contributed by atoms with Crippen LogP contribution in [-0.4, -0.2) is 61.6 Å². The Morgan fingerprint density at radius 3 is 2.47 bits per heavy atom. The molecule has 1 aromatic carbocycles. The topological polar surface area (TPSA) is 80.3 Å². The Kier molecular flexibility index (Phi) is 5.98. The summed E-state index contributed by atoms with van der Waals surface area (Å²) < 4.78 is 7.51. The summed E-state index contributed by atoms with van der Waals surface area (Å²) >= 11 is 0. The van der Waals surface area contributed by atoms with E-state index in [1.165, 1.54) is 5.56 Å². The number of hydrogen-bond acceptors (Lipinski definition) is 6. The van der Waals surface area contributed by atoms with Gasteiger partial charge in [0, 0.05) is 49.3 Å². The Morgan fingerprint density at radius 1 is 1.00 bits per heavy atom. The highest BCUT2D eigenvalue weighted by atomic mass is 16.5. The Bertz CT molecular complexity index is 1280. The third-order valence-corrected chi connectivity index (χ3v) is 6.34. The van der Waals surface area contributed by atoms with Gasteiger partial charge in [-0.15, -0.1) is 0 Å². The van der Waals surface area contributed by atoms with Crippen LogP contribution in [0.15, 0.2) is 59.3 Å². The molecule has 1 aliphatic rings. The van der Waals surface area contributed by atoms with Crippen molar-refractivity contribution in [1.82, 2.24) is 29.5 Å². The van der Waals surface area contributed by atoms with Gasteiger partial charge in [-0.2, -0.15) is 4.98 Å². The van der Waals surface area contributed by atoms with Gasteiger partial charge in [-0.3, -0.25) is 9.69 Å². The van der Waals surface area contributed by atoms with Crippen LogP contribution in [-0.2, 0) is 6.54 Å². The lowest BCUT2D eigenvalue weighted by Crippen LogP contribution is -2.48. The molecule has 8 nitrogen and oxygen atoms in total. The van der Waals surface area contributed by atoms with Crippen LogP contribution in [0.3, 0.4) is 0 Å². The maximum atomic E-state index is 13.3. The highest BCUT2D eigenvalue weighted by Gasteiger charge is 2.26. The normalized spacial score (nSPS) is 14.5. The standard InChI is InChI=1S/C26H28N6O2/c1-18-7-9-21(10-8-18)25-28-24(34-29-25)17-30-12-14-31(15-13-30)26(33)22-16-19(2)32(20(22)3)23-6-4-5-11-27-23/h4-11,16H,12-15,17H2,1-3H3. The van der Waals surface area contributed by atoms with Gasteiger partial charge in [0.2, 0.25) is 11.7 Å². The molecule has 1 amide bonds. The van der Waals surface area contributed by atoms with Gasteiger partial charge in [0.05, 0.1) is 12.1 Å². The number of benzene rings is 1. The summed E-state index contributed by atoms with van der Waals surface area (Å²) in [6.07, 6.45) is 1.77. The predicted molar refractivity (Wildman–Crippen MR) is 129 cm³/mol. The second-order valence-electron chi connectivity index (χ2n) is 8.75. The van der Waals surface area contributed by atoms with Gasteiger partial charge in [-0.05, 0) is 39.0 Å². The number of aromatic nitrogens is 4. The molecule has 0 saturated carbocycles. The highest BCUT2D eigenvalue weighted by Crippen LogP contribution is 2.22. The molecule has 5 rings (SSSR count). The van der Waals surface area contributed by atoms with Crippen molar-refractivity contribution in [2.45, 2.75) is 27.3 Å². The molecule has 3 aromatic heterocycles. The molecule has 0 unspecified atom stereocenters. The van der Waals surface area contributed by atoms with E-state index in [-0.39, 0.29) is 5.91 Å². The first-order valence-electron chi connectivity index (χ1n) is 11.5. The first-order valence-corrected chi connectivity index (χ1v) is 11.5. The SMILES string of the molecule is Cc1ccc(-c2noc(CN3CCN(C(=O)c4cc(C)n(-c5ccccn5)c4C)CC3)n2)cc1. The van der Waals surface area contributed by atoms with E-state index in [4.69, 9.17) is 4.52 Å². The zero-order chi connectivity index (χ0) is 23.7. The van der Waals surface area contributed by atoms with Gasteiger partial charge in [0.1, 0.15) is 5.82 Å². The molecule has 34 heavy (non-hydrogen) atoms. The molecule has 0 aliphatic carbocycles. The van der Waals surface area contributed by atoms with Crippen LogP contribution in [0, 0.1) is 20.8 Å². The van der Waals surface area contributed by atoms with E-state index in [0.29, 0.717) is 31.3 Å². The van der Waals surface area contributed by atoms with Crippen molar-refractivity contribution in [1.29, 1.82) is 0 Å². The van der Waals surface area contributed by atoms with Crippen molar-refractivity contribution >= 4 is 5.91 Å². The van der Waals surface area contributed by atoms with E-state index in [0.717, 1.165) is 41.4 Å². The van der Waals surface area contributed by atoms with Crippen LogP contribution < -0.4 is 0 Å². The number of carbonyl (C=O) groups excluding carboxylic acids is 1. The van der Waals surface area contributed by atoms with Crippen molar-refractivity contribution in [2.24, 2.45) is 0 Å². The number of hydrogen-bond donors (Lipinski definition) is 0. The fraction of sp³-hybridized carbons (Fsp3) is 0.308. The molecule has 0 atom stereocenters. The van der Waals surface area contributed by atoms with Crippen LogP contribution in [0.25, 0.3) is 17.2 Å². The summed E-state index contributed by atoms with van der Waals surface area (Å²) in [5.41, 5.74) is 4.78. The number of pyridine rings is 1. The van der Waals surface area contributed by atoms with E-state index in [9.17, 15) is 4.79 Å². The zero-order valence-corrected chi connectivity index (χ0v) is 19.7. The molecule has 0 N–H and O–H groups in total. The van der Waals surface area contributed by atoms with E-state index >= 15 is 0 Å². The van der Waals surface area contributed by atoms with E-state index in [1.54, 1.807) is 6.20 Å². The number of amides is 1. The molecule has 8 heteroatoms. The molecule has 0 spiro atoms. The highest BCUT2D eigenvalue weighted by molar-refractivity contribution is 5.96. The molecule has 0 radical (unpaired) electrons. The monoisotopic (exact) mass is 456 g/mol. The number of rotatable bonds is 5. The van der Waals surface area contributed by atoms with Gasteiger partial charge in [-0.25, -0.2) is 4.98 Å². The second kappa shape index (κ2) is 9.23. The van der Waals surface area contributed by atoms with E-state index < -0.39 is 0 Å². The second-order valence-corrected chi connectivity index (χ2v) is 8.75. The van der Waals surface area contributed by atoms with Gasteiger partial charge in [0.15, 0.2) is 0 Å². The first kappa shape index (κ1) is 22.0. The number of nitrogens with zero attached hydrogens (tertiary/aromatic N) is 6. The predicted octanol–water partition coefficient (Wildman–Crippen LogP) is 3.81. The Balaban J connectivity index is 1.21. The number of carbonyl (C=O) groups is 1. The van der Waals surface area contributed by atoms with Crippen molar-refractivity contribution in [2.75, 3.05) is 26.2 Å². The lowest BCUT2D eigenvalue weighted by atomic mass is 10.1. The average Bonchev–Trinajstić information content (AvgIpc) is 3.44. The maximum absolute atomic E-state index is 13.3. The molecular weight excluding hydrogens is 428 g/mol. The molecule has 0 bridgehead atoms. The molecule has 174 valence electrons. The average molecular weight is 457 g/mol. The van der Waals surface area contributed by atoms with Crippen molar-refractivity contribution in [3.05, 3.63) is 83.1 Å². The zero-order valence-electron chi connectivity index (χ0n) is 19.7. The molecule has 4 heterocycles. The Morgan fingerprint density at radius 2 is 1.76 bits per heavy atom. The van der Waals surface area contributed by atoms with Crippen LogP contribution in [0.4, 0.5) is 0 Å².